The first-order valence-electron chi connectivity index (χ1n) is 8.25. The molecule has 118 valence electrons. The van der Waals surface area contributed by atoms with Crippen LogP contribution in [0.1, 0.15) is 71.6 Å². The van der Waals surface area contributed by atoms with Gasteiger partial charge in [-0.15, -0.1) is 0 Å². The fraction of sp³-hybridized carbons (Fsp3) is 0.938. The Morgan fingerprint density at radius 1 is 1.30 bits per heavy atom. The number of hydrogen-bond donors (Lipinski definition) is 2. The zero-order valence-corrected chi connectivity index (χ0v) is 13.2. The summed E-state index contributed by atoms with van der Waals surface area (Å²) in [6.45, 7) is 5.64. The topological polar surface area (TPSA) is 64.3 Å². The Labute approximate surface area is 123 Å². The second-order valence-electron chi connectivity index (χ2n) is 6.21. The van der Waals surface area contributed by atoms with Crippen molar-refractivity contribution in [3.8, 4) is 0 Å². The molecule has 4 heteroatoms. The van der Waals surface area contributed by atoms with Gasteiger partial charge in [0.2, 0.25) is 5.91 Å². The molecule has 3 N–H and O–H groups in total. The Bertz CT molecular complexity index is 278. The summed E-state index contributed by atoms with van der Waals surface area (Å²) in [4.78, 5) is 11.6. The molecule has 0 radical (unpaired) electrons. The van der Waals surface area contributed by atoms with Gasteiger partial charge in [-0.3, -0.25) is 4.79 Å². The average Bonchev–Trinajstić information content (AvgIpc) is 2.45. The fourth-order valence-corrected chi connectivity index (χ4v) is 2.76. The molecule has 4 nitrogen and oxygen atoms in total. The summed E-state index contributed by atoms with van der Waals surface area (Å²) < 4.78 is 5.90. The van der Waals surface area contributed by atoms with Crippen LogP contribution >= 0.6 is 0 Å². The van der Waals surface area contributed by atoms with Crippen LogP contribution in [-0.2, 0) is 9.53 Å². The Hall–Kier alpha value is -0.610. The highest BCUT2D eigenvalue weighted by atomic mass is 16.5. The van der Waals surface area contributed by atoms with Gasteiger partial charge < -0.3 is 15.8 Å². The van der Waals surface area contributed by atoms with Crippen LogP contribution in [-0.4, -0.2) is 30.7 Å². The number of nitrogens with one attached hydrogen (secondary N) is 1. The molecule has 0 aromatic carbocycles. The van der Waals surface area contributed by atoms with Crippen LogP contribution in [0.4, 0.5) is 0 Å². The van der Waals surface area contributed by atoms with E-state index in [1.165, 1.54) is 32.1 Å². The van der Waals surface area contributed by atoms with Crippen molar-refractivity contribution in [2.45, 2.75) is 83.3 Å². The number of carbonyl (C=O) groups is 1. The van der Waals surface area contributed by atoms with E-state index in [9.17, 15) is 4.79 Å². The maximum absolute atomic E-state index is 11.6. The van der Waals surface area contributed by atoms with Gasteiger partial charge in [0.05, 0.1) is 11.6 Å². The van der Waals surface area contributed by atoms with E-state index in [1.807, 2.05) is 6.92 Å². The number of amides is 1. The maximum Gasteiger partial charge on any atom is 0.237 e. The largest absolute Gasteiger partial charge is 0.378 e. The van der Waals surface area contributed by atoms with Gasteiger partial charge in [-0.2, -0.15) is 0 Å². The van der Waals surface area contributed by atoms with Crippen molar-refractivity contribution < 1.29 is 9.53 Å². The van der Waals surface area contributed by atoms with Crippen LogP contribution in [0.2, 0.25) is 0 Å². The molecule has 1 saturated carbocycles. The molecule has 1 unspecified atom stereocenters. The lowest BCUT2D eigenvalue weighted by molar-refractivity contribution is -0.124. The number of rotatable bonds is 10. The molecular weight excluding hydrogens is 252 g/mol. The minimum absolute atomic E-state index is 0.251. The highest BCUT2D eigenvalue weighted by molar-refractivity contribution is 5.84. The molecule has 1 atom stereocenters. The number of ether oxygens (including phenoxy) is 1. The van der Waals surface area contributed by atoms with Crippen LogP contribution in [0.3, 0.4) is 0 Å². The van der Waals surface area contributed by atoms with Crippen molar-refractivity contribution in [3.05, 3.63) is 0 Å². The van der Waals surface area contributed by atoms with Gasteiger partial charge in [-0.1, -0.05) is 26.2 Å². The maximum atomic E-state index is 11.6. The summed E-state index contributed by atoms with van der Waals surface area (Å²) >= 11 is 0. The molecule has 1 fully saturated rings. The number of primary amides is 1. The smallest absolute Gasteiger partial charge is 0.237 e. The SMILES string of the molecule is CCCNC(C)(CCCCOC1CCCCC1)C(N)=O. The molecule has 0 bridgehead atoms. The van der Waals surface area contributed by atoms with Crippen molar-refractivity contribution >= 4 is 5.91 Å². The molecule has 20 heavy (non-hydrogen) atoms. The third-order valence-corrected chi connectivity index (χ3v) is 4.29. The van der Waals surface area contributed by atoms with E-state index in [-0.39, 0.29) is 5.91 Å². The van der Waals surface area contributed by atoms with Gasteiger partial charge in [0.15, 0.2) is 0 Å². The standard InChI is InChI=1S/C16H32N2O2/c1-3-12-18-16(2,15(17)19)11-7-8-13-20-14-9-5-4-6-10-14/h14,18H,3-13H2,1-2H3,(H2,17,19). The van der Waals surface area contributed by atoms with E-state index in [2.05, 4.69) is 12.2 Å². The summed E-state index contributed by atoms with van der Waals surface area (Å²) in [5, 5.41) is 3.27. The fourth-order valence-electron chi connectivity index (χ4n) is 2.76. The molecule has 0 aromatic heterocycles. The van der Waals surface area contributed by atoms with Gasteiger partial charge in [0.1, 0.15) is 0 Å². The van der Waals surface area contributed by atoms with E-state index in [0.717, 1.165) is 38.8 Å². The average molecular weight is 284 g/mol. The van der Waals surface area contributed by atoms with Crippen molar-refractivity contribution in [1.29, 1.82) is 0 Å². The number of unbranched alkanes of at least 4 members (excludes halogenated alkanes) is 1. The van der Waals surface area contributed by atoms with Gasteiger partial charge in [-0.05, 0) is 52.0 Å². The molecule has 1 amide bonds. The molecule has 0 aliphatic heterocycles. The zero-order chi connectivity index (χ0) is 14.8. The van der Waals surface area contributed by atoms with Gasteiger partial charge in [0.25, 0.3) is 0 Å². The van der Waals surface area contributed by atoms with E-state index in [4.69, 9.17) is 10.5 Å². The first-order chi connectivity index (χ1) is 9.58. The van der Waals surface area contributed by atoms with Crippen LogP contribution in [0.15, 0.2) is 0 Å². The Morgan fingerprint density at radius 2 is 2.00 bits per heavy atom. The lowest BCUT2D eigenvalue weighted by Crippen LogP contribution is -2.53. The normalized spacial score (nSPS) is 19.7. The highest BCUT2D eigenvalue weighted by Crippen LogP contribution is 2.21. The third kappa shape index (κ3) is 6.23. The third-order valence-electron chi connectivity index (χ3n) is 4.29. The molecule has 1 aliphatic rings. The van der Waals surface area contributed by atoms with Gasteiger partial charge in [-0.25, -0.2) is 0 Å². The molecule has 1 aliphatic carbocycles. The summed E-state index contributed by atoms with van der Waals surface area (Å²) in [5.74, 6) is -0.251. The van der Waals surface area contributed by atoms with Crippen LogP contribution < -0.4 is 11.1 Å². The van der Waals surface area contributed by atoms with E-state index in [1.54, 1.807) is 0 Å². The molecule has 0 aromatic rings. The molecule has 0 spiro atoms. The number of hydrogen-bond acceptors (Lipinski definition) is 3. The summed E-state index contributed by atoms with van der Waals surface area (Å²) in [6, 6.07) is 0. The van der Waals surface area contributed by atoms with Crippen molar-refractivity contribution in [2.24, 2.45) is 5.73 Å². The van der Waals surface area contributed by atoms with Crippen LogP contribution in [0.5, 0.6) is 0 Å². The van der Waals surface area contributed by atoms with Crippen molar-refractivity contribution in [1.82, 2.24) is 5.32 Å². The van der Waals surface area contributed by atoms with E-state index < -0.39 is 5.54 Å². The number of carbonyl (C=O) groups excluding carboxylic acids is 1. The van der Waals surface area contributed by atoms with Crippen molar-refractivity contribution in [3.63, 3.8) is 0 Å². The quantitative estimate of drug-likeness (QED) is 0.606. The van der Waals surface area contributed by atoms with Crippen molar-refractivity contribution in [2.75, 3.05) is 13.2 Å². The Morgan fingerprint density at radius 3 is 2.60 bits per heavy atom. The Kier molecular flexibility index (Phi) is 8.15. The second kappa shape index (κ2) is 9.35. The van der Waals surface area contributed by atoms with Gasteiger partial charge in [0, 0.05) is 6.61 Å². The minimum atomic E-state index is -0.569. The van der Waals surface area contributed by atoms with Crippen LogP contribution in [0.25, 0.3) is 0 Å². The number of nitrogens with two attached hydrogens (primary N) is 1. The predicted molar refractivity (Wildman–Crippen MR) is 82.6 cm³/mol. The molecule has 1 rings (SSSR count). The summed E-state index contributed by atoms with van der Waals surface area (Å²) in [6.07, 6.45) is 10.7. The predicted octanol–water partition coefficient (Wildman–Crippen LogP) is 2.75. The lowest BCUT2D eigenvalue weighted by Gasteiger charge is -2.27. The first kappa shape index (κ1) is 17.4. The highest BCUT2D eigenvalue weighted by Gasteiger charge is 2.29. The monoisotopic (exact) mass is 284 g/mol. The van der Waals surface area contributed by atoms with E-state index in [0.29, 0.717) is 6.10 Å². The molecule has 0 heterocycles. The zero-order valence-electron chi connectivity index (χ0n) is 13.2. The lowest BCUT2D eigenvalue weighted by atomic mass is 9.93. The molecule has 0 saturated heterocycles. The minimum Gasteiger partial charge on any atom is -0.378 e. The Balaban J connectivity index is 2.15. The molecular formula is C16H32N2O2. The second-order valence-corrected chi connectivity index (χ2v) is 6.21. The van der Waals surface area contributed by atoms with E-state index >= 15 is 0 Å². The van der Waals surface area contributed by atoms with Gasteiger partial charge >= 0.3 is 0 Å². The summed E-state index contributed by atoms with van der Waals surface area (Å²) in [7, 11) is 0. The first-order valence-corrected chi connectivity index (χ1v) is 8.25. The summed E-state index contributed by atoms with van der Waals surface area (Å²) in [5.41, 5.74) is 4.94. The van der Waals surface area contributed by atoms with Crippen LogP contribution in [0, 0.1) is 0 Å².